The van der Waals surface area contributed by atoms with Crippen molar-refractivity contribution in [1.29, 1.82) is 0 Å². The lowest BCUT2D eigenvalue weighted by Gasteiger charge is -2.32. The molecule has 0 aromatic heterocycles. The first-order valence-electron chi connectivity index (χ1n) is 10.4. The van der Waals surface area contributed by atoms with Crippen LogP contribution in [0.1, 0.15) is 63.6 Å². The average Bonchev–Trinajstić information content (AvgIpc) is 2.69. The number of nitrogens with zero attached hydrogens (tertiary/aromatic N) is 2. The highest BCUT2D eigenvalue weighted by atomic mass is 16.5. The van der Waals surface area contributed by atoms with Gasteiger partial charge in [0.05, 0.1) is 5.71 Å². The molecule has 0 amide bonds. The molecular weight excluding hydrogens is 356 g/mol. The van der Waals surface area contributed by atoms with Crippen LogP contribution < -0.4 is 9.64 Å². The first-order valence-corrected chi connectivity index (χ1v) is 10.4. The van der Waals surface area contributed by atoms with Gasteiger partial charge in [0, 0.05) is 23.4 Å². The molecule has 2 aromatic carbocycles. The summed E-state index contributed by atoms with van der Waals surface area (Å²) in [6.07, 6.45) is 6.47. The van der Waals surface area contributed by atoms with Gasteiger partial charge < -0.3 is 9.64 Å². The molecule has 0 saturated carbocycles. The Balaban J connectivity index is 1.96. The number of ether oxygens (including phenoxy) is 1. The molecule has 29 heavy (non-hydrogen) atoms. The highest BCUT2D eigenvalue weighted by molar-refractivity contribution is 6.17. The Morgan fingerprint density at radius 2 is 1.86 bits per heavy atom. The molecule has 2 aromatic rings. The number of aliphatic imine (C=N–C) groups is 1. The first kappa shape index (κ1) is 21.0. The van der Waals surface area contributed by atoms with Gasteiger partial charge >= 0.3 is 0 Å². The predicted octanol–water partition coefficient (Wildman–Crippen LogP) is 5.87. The lowest BCUT2D eigenvalue weighted by atomic mass is 9.91. The second kappa shape index (κ2) is 8.74. The first-order chi connectivity index (χ1) is 13.8. The van der Waals surface area contributed by atoms with Crippen LogP contribution in [0.2, 0.25) is 0 Å². The van der Waals surface area contributed by atoms with Crippen molar-refractivity contribution in [3.8, 4) is 18.1 Å². The molecule has 3 nitrogen and oxygen atoms in total. The van der Waals surface area contributed by atoms with E-state index in [9.17, 15) is 0 Å². The maximum absolute atomic E-state index is 5.70. The molecule has 1 aliphatic rings. The third-order valence-corrected chi connectivity index (χ3v) is 5.27. The van der Waals surface area contributed by atoms with Crippen molar-refractivity contribution in [1.82, 2.24) is 0 Å². The summed E-state index contributed by atoms with van der Waals surface area (Å²) in [4.78, 5) is 7.32. The van der Waals surface area contributed by atoms with Gasteiger partial charge in [-0.3, -0.25) is 4.99 Å². The molecule has 1 heterocycles. The van der Waals surface area contributed by atoms with Crippen LogP contribution in [0.15, 0.2) is 47.5 Å². The Kier molecular flexibility index (Phi) is 6.33. The molecular formula is C26H32N2O. The van der Waals surface area contributed by atoms with Crippen LogP contribution in [0.5, 0.6) is 5.75 Å². The molecule has 0 aliphatic carbocycles. The number of hydrogen-bond donors (Lipinski definition) is 0. The van der Waals surface area contributed by atoms with Gasteiger partial charge in [0.2, 0.25) is 0 Å². The zero-order chi connectivity index (χ0) is 21.0. The summed E-state index contributed by atoms with van der Waals surface area (Å²) in [6, 6.07) is 15.0. The number of benzene rings is 2. The van der Waals surface area contributed by atoms with Gasteiger partial charge in [-0.1, -0.05) is 64.8 Å². The van der Waals surface area contributed by atoms with Crippen LogP contribution >= 0.6 is 0 Å². The maximum atomic E-state index is 5.70. The lowest BCUT2D eigenvalue weighted by Crippen LogP contribution is -2.32. The molecule has 0 unspecified atom stereocenters. The van der Waals surface area contributed by atoms with Crippen molar-refractivity contribution in [2.75, 3.05) is 24.7 Å². The van der Waals surface area contributed by atoms with E-state index in [1.807, 2.05) is 6.07 Å². The SMILES string of the molecule is C#CCOc1ccc2c(c1)C(c1ccc(C(C)C)cc1)=NCN2CCC(C)(C)C. The monoisotopic (exact) mass is 388 g/mol. The van der Waals surface area contributed by atoms with E-state index in [0.717, 1.165) is 35.6 Å². The quantitative estimate of drug-likeness (QED) is 0.578. The van der Waals surface area contributed by atoms with E-state index in [1.165, 1.54) is 11.3 Å². The molecule has 3 heteroatoms. The number of anilines is 1. The highest BCUT2D eigenvalue weighted by Gasteiger charge is 2.23. The molecule has 3 rings (SSSR count). The number of rotatable bonds is 6. The van der Waals surface area contributed by atoms with Crippen LogP contribution in [0.25, 0.3) is 0 Å². The van der Waals surface area contributed by atoms with Gasteiger partial charge in [0.15, 0.2) is 0 Å². The van der Waals surface area contributed by atoms with Crippen LogP contribution in [0.3, 0.4) is 0 Å². The van der Waals surface area contributed by atoms with Crippen LogP contribution in [0, 0.1) is 17.8 Å². The lowest BCUT2D eigenvalue weighted by molar-refractivity contribution is 0.370. The second-order valence-electron chi connectivity index (χ2n) is 9.17. The number of terminal acetylenes is 1. The minimum atomic E-state index is 0.266. The van der Waals surface area contributed by atoms with Crippen molar-refractivity contribution in [2.24, 2.45) is 10.4 Å². The normalized spacial score (nSPS) is 13.7. The van der Waals surface area contributed by atoms with E-state index in [4.69, 9.17) is 16.2 Å². The highest BCUT2D eigenvalue weighted by Crippen LogP contribution is 2.33. The van der Waals surface area contributed by atoms with Crippen LogP contribution in [-0.4, -0.2) is 25.5 Å². The minimum Gasteiger partial charge on any atom is -0.481 e. The topological polar surface area (TPSA) is 24.8 Å². The Bertz CT molecular complexity index is 911. The van der Waals surface area contributed by atoms with E-state index in [0.29, 0.717) is 12.6 Å². The summed E-state index contributed by atoms with van der Waals surface area (Å²) in [7, 11) is 0. The molecule has 1 aliphatic heterocycles. The zero-order valence-corrected chi connectivity index (χ0v) is 18.3. The van der Waals surface area contributed by atoms with E-state index >= 15 is 0 Å². The summed E-state index contributed by atoms with van der Waals surface area (Å²) in [6.45, 7) is 13.2. The average molecular weight is 389 g/mol. The minimum absolute atomic E-state index is 0.266. The summed E-state index contributed by atoms with van der Waals surface area (Å²) >= 11 is 0. The van der Waals surface area contributed by atoms with Gasteiger partial charge in [-0.2, -0.15) is 0 Å². The fourth-order valence-electron chi connectivity index (χ4n) is 3.45. The van der Waals surface area contributed by atoms with Crippen LogP contribution in [-0.2, 0) is 0 Å². The largest absolute Gasteiger partial charge is 0.481 e. The zero-order valence-electron chi connectivity index (χ0n) is 18.3. The summed E-state index contributed by atoms with van der Waals surface area (Å²) in [5.41, 5.74) is 6.10. The smallest absolute Gasteiger partial charge is 0.148 e. The fraction of sp³-hybridized carbons (Fsp3) is 0.423. The van der Waals surface area contributed by atoms with Crippen molar-refractivity contribution < 1.29 is 4.74 Å². The van der Waals surface area contributed by atoms with E-state index < -0.39 is 0 Å². The second-order valence-corrected chi connectivity index (χ2v) is 9.17. The van der Waals surface area contributed by atoms with Crippen molar-refractivity contribution in [3.63, 3.8) is 0 Å². The van der Waals surface area contributed by atoms with Crippen LogP contribution in [0.4, 0.5) is 5.69 Å². The fourth-order valence-corrected chi connectivity index (χ4v) is 3.45. The Hall–Kier alpha value is -2.73. The molecule has 0 N–H and O–H groups in total. The van der Waals surface area contributed by atoms with Crippen molar-refractivity contribution >= 4 is 11.4 Å². The summed E-state index contributed by atoms with van der Waals surface area (Å²) in [5.74, 6) is 3.84. The van der Waals surface area contributed by atoms with E-state index in [2.05, 4.69) is 81.8 Å². The molecule has 0 bridgehead atoms. The Morgan fingerprint density at radius 1 is 1.14 bits per heavy atom. The third kappa shape index (κ3) is 5.21. The Morgan fingerprint density at radius 3 is 2.48 bits per heavy atom. The van der Waals surface area contributed by atoms with Crippen molar-refractivity contribution in [2.45, 2.75) is 47.0 Å². The molecule has 0 atom stereocenters. The third-order valence-electron chi connectivity index (χ3n) is 5.27. The summed E-state index contributed by atoms with van der Waals surface area (Å²) < 4.78 is 5.70. The molecule has 0 saturated heterocycles. The Labute approximate surface area is 175 Å². The number of hydrogen-bond acceptors (Lipinski definition) is 3. The molecule has 152 valence electrons. The van der Waals surface area contributed by atoms with Gasteiger partial charge in [-0.05, 0) is 41.5 Å². The standard InChI is InChI=1S/C26H32N2O/c1-7-16-29-22-12-13-24-23(17-22)25(21-10-8-20(9-11-21)19(2)3)27-18-28(24)15-14-26(4,5)6/h1,8-13,17,19H,14-16,18H2,2-6H3. The molecule has 0 spiro atoms. The maximum Gasteiger partial charge on any atom is 0.148 e. The van der Waals surface area contributed by atoms with Crippen molar-refractivity contribution in [3.05, 3.63) is 59.2 Å². The summed E-state index contributed by atoms with van der Waals surface area (Å²) in [5, 5.41) is 0. The van der Waals surface area contributed by atoms with Gasteiger partial charge in [0.25, 0.3) is 0 Å². The van der Waals surface area contributed by atoms with E-state index in [-0.39, 0.29) is 12.0 Å². The predicted molar refractivity (Wildman–Crippen MR) is 123 cm³/mol. The van der Waals surface area contributed by atoms with Gasteiger partial charge in [-0.25, -0.2) is 0 Å². The van der Waals surface area contributed by atoms with Gasteiger partial charge in [-0.15, -0.1) is 6.42 Å². The van der Waals surface area contributed by atoms with E-state index in [1.54, 1.807) is 0 Å². The number of fused-ring (bicyclic) bond motifs is 1. The molecule has 0 radical (unpaired) electrons. The van der Waals surface area contributed by atoms with Gasteiger partial charge in [0.1, 0.15) is 19.0 Å². The molecule has 0 fully saturated rings.